The molecular formula is C26H30F3N5O3S. The minimum absolute atomic E-state index is 0.1000. The predicted octanol–water partition coefficient (Wildman–Crippen LogP) is 5.30. The number of para-hydroxylation sites is 2. The molecule has 0 unspecified atom stereocenters. The first kappa shape index (κ1) is 26.5. The summed E-state index contributed by atoms with van der Waals surface area (Å²) in [6, 6.07) is 13.1. The van der Waals surface area contributed by atoms with Crippen LogP contribution in [0, 0.1) is 11.8 Å². The highest BCUT2D eigenvalue weighted by Gasteiger charge is 2.34. The van der Waals surface area contributed by atoms with Crippen molar-refractivity contribution in [3.63, 3.8) is 0 Å². The lowest BCUT2D eigenvalue weighted by molar-refractivity contribution is -0.275. The molecule has 0 amide bonds. The summed E-state index contributed by atoms with van der Waals surface area (Å²) in [5, 5.41) is 7.86. The van der Waals surface area contributed by atoms with Gasteiger partial charge in [-0.2, -0.15) is 4.98 Å². The Morgan fingerprint density at radius 3 is 2.24 bits per heavy atom. The number of anilines is 2. The molecule has 12 heteroatoms. The van der Waals surface area contributed by atoms with E-state index >= 15 is 0 Å². The first-order valence-electron chi connectivity index (χ1n) is 12.8. The van der Waals surface area contributed by atoms with Crippen molar-refractivity contribution in [1.29, 1.82) is 0 Å². The maximum Gasteiger partial charge on any atom is 0.573 e. The molecule has 0 saturated heterocycles. The van der Waals surface area contributed by atoms with Crippen LogP contribution in [0.3, 0.4) is 0 Å². The number of hydrogen-bond donors (Lipinski definition) is 3. The Bertz CT molecular complexity index is 1370. The summed E-state index contributed by atoms with van der Waals surface area (Å²) in [6.07, 6.45) is 0.723. The fraction of sp³-hybridized carbons (Fsp3) is 0.462. The third-order valence-corrected chi connectivity index (χ3v) is 8.43. The quantitative estimate of drug-likeness (QED) is 0.315. The van der Waals surface area contributed by atoms with Gasteiger partial charge in [0, 0.05) is 24.5 Å². The Labute approximate surface area is 219 Å². The summed E-state index contributed by atoms with van der Waals surface area (Å²) in [5.41, 5.74) is 0.881. The highest BCUT2D eigenvalue weighted by atomic mass is 32.2. The van der Waals surface area contributed by atoms with E-state index in [1.54, 1.807) is 0 Å². The number of benzene rings is 2. The van der Waals surface area contributed by atoms with Crippen molar-refractivity contribution >= 4 is 32.7 Å². The van der Waals surface area contributed by atoms with E-state index in [2.05, 4.69) is 25.1 Å². The van der Waals surface area contributed by atoms with E-state index in [4.69, 9.17) is 4.98 Å². The molecule has 0 aliphatic heterocycles. The zero-order chi connectivity index (χ0) is 26.8. The van der Waals surface area contributed by atoms with Crippen molar-refractivity contribution in [2.45, 2.75) is 55.8 Å². The number of hydrogen-bond acceptors (Lipinski definition) is 7. The van der Waals surface area contributed by atoms with Crippen LogP contribution in [0.25, 0.3) is 10.9 Å². The van der Waals surface area contributed by atoms with Crippen molar-refractivity contribution < 1.29 is 26.3 Å². The van der Waals surface area contributed by atoms with E-state index in [1.165, 1.54) is 12.1 Å². The number of alkyl halides is 3. The third kappa shape index (κ3) is 6.84. The van der Waals surface area contributed by atoms with Crippen LogP contribution in [0.15, 0.2) is 53.4 Å². The molecular weight excluding hydrogens is 519 g/mol. The van der Waals surface area contributed by atoms with Crippen LogP contribution >= 0.6 is 0 Å². The van der Waals surface area contributed by atoms with Gasteiger partial charge in [-0.15, -0.1) is 13.2 Å². The van der Waals surface area contributed by atoms with Crippen molar-refractivity contribution in [1.82, 2.24) is 14.7 Å². The lowest BCUT2D eigenvalue weighted by Gasteiger charge is -2.28. The molecule has 3 N–H and O–H groups in total. The molecule has 0 atom stereocenters. The van der Waals surface area contributed by atoms with E-state index < -0.39 is 27.0 Å². The average Bonchev–Trinajstić information content (AvgIpc) is 3.70. The normalized spacial score (nSPS) is 20.3. The molecule has 38 heavy (non-hydrogen) atoms. The second kappa shape index (κ2) is 10.9. The van der Waals surface area contributed by atoms with Gasteiger partial charge >= 0.3 is 6.36 Å². The molecule has 2 saturated carbocycles. The standard InChI is InChI=1S/C26H30F3N5O3S/c27-26(28,29)37-22-7-3-4-8-23(22)38(35,36)31-16-18-11-9-17(10-12-18)15-30-25-33-21-6-2-1-5-20(21)24(34-25)32-19-13-14-19/h1-8,17-19,31H,9-16H2,(H2,30,32,33,34). The summed E-state index contributed by atoms with van der Waals surface area (Å²) >= 11 is 0. The smallest absolute Gasteiger partial charge is 0.404 e. The molecule has 0 spiro atoms. The Morgan fingerprint density at radius 1 is 0.868 bits per heavy atom. The van der Waals surface area contributed by atoms with Crippen LogP contribution < -0.4 is 20.1 Å². The lowest BCUT2D eigenvalue weighted by Crippen LogP contribution is -2.33. The van der Waals surface area contributed by atoms with Gasteiger partial charge in [-0.25, -0.2) is 18.1 Å². The molecule has 2 aromatic carbocycles. The summed E-state index contributed by atoms with van der Waals surface area (Å²) in [7, 11) is -4.16. The number of rotatable bonds is 10. The third-order valence-electron chi connectivity index (χ3n) is 6.96. The Kier molecular flexibility index (Phi) is 7.62. The number of ether oxygens (including phenoxy) is 1. The zero-order valence-electron chi connectivity index (χ0n) is 20.7. The van der Waals surface area contributed by atoms with Crippen molar-refractivity contribution in [2.24, 2.45) is 11.8 Å². The number of nitrogens with zero attached hydrogens (tertiary/aromatic N) is 2. The fourth-order valence-electron chi connectivity index (χ4n) is 4.75. The van der Waals surface area contributed by atoms with Crippen LogP contribution in [0.5, 0.6) is 5.75 Å². The van der Waals surface area contributed by atoms with Gasteiger partial charge in [0.05, 0.1) is 5.52 Å². The predicted molar refractivity (Wildman–Crippen MR) is 138 cm³/mol. The number of halogens is 3. The van der Waals surface area contributed by atoms with Gasteiger partial charge in [0.1, 0.15) is 16.5 Å². The van der Waals surface area contributed by atoms with Crippen molar-refractivity contribution in [3.05, 3.63) is 48.5 Å². The molecule has 2 aliphatic rings. The van der Waals surface area contributed by atoms with E-state index in [0.717, 1.165) is 67.4 Å². The molecule has 3 aromatic rings. The minimum Gasteiger partial charge on any atom is -0.404 e. The van der Waals surface area contributed by atoms with E-state index in [1.807, 2.05) is 24.3 Å². The van der Waals surface area contributed by atoms with Gasteiger partial charge < -0.3 is 15.4 Å². The zero-order valence-corrected chi connectivity index (χ0v) is 21.5. The molecule has 5 rings (SSSR count). The van der Waals surface area contributed by atoms with Crippen LogP contribution in [-0.4, -0.2) is 43.9 Å². The lowest BCUT2D eigenvalue weighted by atomic mass is 9.82. The van der Waals surface area contributed by atoms with Gasteiger partial charge in [0.25, 0.3) is 0 Å². The molecule has 8 nitrogen and oxygen atoms in total. The van der Waals surface area contributed by atoms with Gasteiger partial charge in [-0.05, 0) is 74.6 Å². The molecule has 1 heterocycles. The van der Waals surface area contributed by atoms with E-state index in [9.17, 15) is 21.6 Å². The average molecular weight is 550 g/mol. The number of sulfonamides is 1. The first-order chi connectivity index (χ1) is 18.2. The topological polar surface area (TPSA) is 105 Å². The monoisotopic (exact) mass is 549 g/mol. The highest BCUT2D eigenvalue weighted by Crippen LogP contribution is 2.32. The number of aromatic nitrogens is 2. The van der Waals surface area contributed by atoms with Crippen LogP contribution in [0.2, 0.25) is 0 Å². The van der Waals surface area contributed by atoms with Crippen LogP contribution in [0.4, 0.5) is 24.9 Å². The van der Waals surface area contributed by atoms with Crippen molar-refractivity contribution in [2.75, 3.05) is 23.7 Å². The Hall–Kier alpha value is -3.12. The van der Waals surface area contributed by atoms with Gasteiger partial charge in [0.15, 0.2) is 0 Å². The largest absolute Gasteiger partial charge is 0.573 e. The summed E-state index contributed by atoms with van der Waals surface area (Å²) in [5.74, 6) is 1.18. The van der Waals surface area contributed by atoms with Crippen LogP contribution in [0.1, 0.15) is 38.5 Å². The Balaban J connectivity index is 1.13. The molecule has 1 aromatic heterocycles. The minimum atomic E-state index is -4.98. The molecule has 0 bridgehead atoms. The molecule has 0 radical (unpaired) electrons. The summed E-state index contributed by atoms with van der Waals surface area (Å²) in [6.45, 7) is 0.870. The van der Waals surface area contributed by atoms with Gasteiger partial charge in [-0.3, -0.25) is 0 Å². The SMILES string of the molecule is O=S(=O)(NCC1CCC(CNc2nc(NC3CC3)c3ccccc3n2)CC1)c1ccccc1OC(F)(F)F. The second-order valence-corrected chi connectivity index (χ2v) is 11.7. The summed E-state index contributed by atoms with van der Waals surface area (Å²) in [4.78, 5) is 8.84. The molecule has 2 aliphatic carbocycles. The Morgan fingerprint density at radius 2 is 1.53 bits per heavy atom. The highest BCUT2D eigenvalue weighted by molar-refractivity contribution is 7.89. The van der Waals surface area contributed by atoms with Gasteiger partial charge in [0.2, 0.25) is 16.0 Å². The fourth-order valence-corrected chi connectivity index (χ4v) is 5.99. The number of fused-ring (bicyclic) bond motifs is 1. The van der Waals surface area contributed by atoms with Crippen LogP contribution in [-0.2, 0) is 10.0 Å². The summed E-state index contributed by atoms with van der Waals surface area (Å²) < 4.78 is 69.8. The molecule has 2 fully saturated rings. The van der Waals surface area contributed by atoms with E-state index in [-0.39, 0.29) is 12.5 Å². The maximum atomic E-state index is 12.7. The maximum absolute atomic E-state index is 12.7. The van der Waals surface area contributed by atoms with E-state index in [0.29, 0.717) is 24.5 Å². The second-order valence-electron chi connectivity index (χ2n) is 9.95. The molecule has 204 valence electrons. The number of nitrogens with one attached hydrogen (secondary N) is 3. The first-order valence-corrected chi connectivity index (χ1v) is 14.3. The van der Waals surface area contributed by atoms with Gasteiger partial charge in [-0.1, -0.05) is 24.3 Å². The van der Waals surface area contributed by atoms with Crippen molar-refractivity contribution in [3.8, 4) is 5.75 Å².